The van der Waals surface area contributed by atoms with Gasteiger partial charge in [0.05, 0.1) is 12.5 Å². The predicted octanol–water partition coefficient (Wildman–Crippen LogP) is 1.50. The second-order valence-corrected chi connectivity index (χ2v) is 5.05. The lowest BCUT2D eigenvalue weighted by molar-refractivity contribution is -0.541. The quantitative estimate of drug-likeness (QED) is 0.652. The van der Waals surface area contributed by atoms with Crippen LogP contribution >= 0.6 is 0 Å². The smallest absolute Gasteiger partial charge is 0.239 e. The average molecular weight is 278 g/mol. The van der Waals surface area contributed by atoms with E-state index in [1.54, 1.807) is 0 Å². The molecule has 20 heavy (non-hydrogen) atoms. The van der Waals surface area contributed by atoms with Gasteiger partial charge in [-0.2, -0.15) is 0 Å². The van der Waals surface area contributed by atoms with Gasteiger partial charge in [-0.3, -0.25) is 14.9 Å². The van der Waals surface area contributed by atoms with E-state index < -0.39 is 24.0 Å². The number of hydrogen-bond donors (Lipinski definition) is 1. The molecule has 0 heterocycles. The van der Waals surface area contributed by atoms with Crippen LogP contribution in [0.1, 0.15) is 24.8 Å². The third kappa shape index (κ3) is 3.33. The van der Waals surface area contributed by atoms with Gasteiger partial charge in [0.1, 0.15) is 6.10 Å². The molecular weight excluding hydrogens is 260 g/mol. The molecule has 0 bridgehead atoms. The molecule has 1 aliphatic rings. The van der Waals surface area contributed by atoms with Crippen molar-refractivity contribution in [3.05, 3.63) is 46.0 Å². The first-order valence-corrected chi connectivity index (χ1v) is 6.68. The number of nitrogens with two attached hydrogens (primary N) is 1. The van der Waals surface area contributed by atoms with Crippen LogP contribution in [0.25, 0.3) is 0 Å². The summed E-state index contributed by atoms with van der Waals surface area (Å²) < 4.78 is 5.67. The van der Waals surface area contributed by atoms with Gasteiger partial charge in [-0.1, -0.05) is 30.3 Å². The Morgan fingerprint density at radius 3 is 2.65 bits per heavy atom. The first-order chi connectivity index (χ1) is 9.59. The van der Waals surface area contributed by atoms with Crippen LogP contribution in [-0.4, -0.2) is 23.0 Å². The highest BCUT2D eigenvalue weighted by Gasteiger charge is 2.44. The van der Waals surface area contributed by atoms with Crippen molar-refractivity contribution >= 4 is 5.91 Å². The van der Waals surface area contributed by atoms with E-state index in [2.05, 4.69) is 0 Å². The Morgan fingerprint density at radius 2 is 2.05 bits per heavy atom. The molecule has 1 aromatic rings. The van der Waals surface area contributed by atoms with Crippen LogP contribution in [0.3, 0.4) is 0 Å². The molecule has 0 spiro atoms. The van der Waals surface area contributed by atoms with E-state index in [0.717, 1.165) is 5.56 Å². The molecular formula is C14H18N2O4. The van der Waals surface area contributed by atoms with Gasteiger partial charge in [0.25, 0.3) is 0 Å². The first-order valence-electron chi connectivity index (χ1n) is 6.68. The summed E-state index contributed by atoms with van der Waals surface area (Å²) in [5.74, 6) is -1.10. The molecule has 2 N–H and O–H groups in total. The van der Waals surface area contributed by atoms with Gasteiger partial charge in [-0.25, -0.2) is 0 Å². The van der Waals surface area contributed by atoms with Crippen LogP contribution in [0.4, 0.5) is 0 Å². The second kappa shape index (κ2) is 6.47. The minimum atomic E-state index is -0.857. The molecule has 0 saturated heterocycles. The molecule has 0 radical (unpaired) electrons. The molecule has 3 atom stereocenters. The predicted molar refractivity (Wildman–Crippen MR) is 72.3 cm³/mol. The maximum absolute atomic E-state index is 11.5. The van der Waals surface area contributed by atoms with E-state index in [0.29, 0.717) is 19.3 Å². The van der Waals surface area contributed by atoms with Crippen molar-refractivity contribution in [1.82, 2.24) is 0 Å². The van der Waals surface area contributed by atoms with Crippen LogP contribution in [0, 0.1) is 16.0 Å². The normalized spacial score (nSPS) is 26.1. The Bertz CT molecular complexity index is 455. The fourth-order valence-electron chi connectivity index (χ4n) is 2.67. The number of nitrogens with zero attached hydrogens (tertiary/aromatic N) is 1. The second-order valence-electron chi connectivity index (χ2n) is 5.05. The topological polar surface area (TPSA) is 95.5 Å². The number of hydrogen-bond acceptors (Lipinski definition) is 4. The van der Waals surface area contributed by atoms with Gasteiger partial charge < -0.3 is 10.5 Å². The Labute approximate surface area is 117 Å². The van der Waals surface area contributed by atoms with Crippen molar-refractivity contribution in [2.45, 2.75) is 38.0 Å². The monoisotopic (exact) mass is 278 g/mol. The fourth-order valence-corrected chi connectivity index (χ4v) is 2.67. The largest absolute Gasteiger partial charge is 0.369 e. The van der Waals surface area contributed by atoms with E-state index in [1.165, 1.54) is 0 Å². The number of ether oxygens (including phenoxy) is 1. The number of amides is 1. The highest BCUT2D eigenvalue weighted by molar-refractivity contribution is 5.77. The fraction of sp³-hybridized carbons (Fsp3) is 0.500. The number of primary amides is 1. The summed E-state index contributed by atoms with van der Waals surface area (Å²) in [6.45, 7) is 0.250. The van der Waals surface area contributed by atoms with E-state index >= 15 is 0 Å². The van der Waals surface area contributed by atoms with Crippen LogP contribution in [0.2, 0.25) is 0 Å². The Kier molecular flexibility index (Phi) is 4.68. The molecule has 1 amide bonds. The lowest BCUT2D eigenvalue weighted by Gasteiger charge is -2.31. The molecule has 6 nitrogen and oxygen atoms in total. The number of rotatable bonds is 5. The highest BCUT2D eigenvalue weighted by Crippen LogP contribution is 2.29. The molecule has 1 fully saturated rings. The van der Waals surface area contributed by atoms with E-state index in [1.807, 2.05) is 30.3 Å². The summed E-state index contributed by atoms with van der Waals surface area (Å²) in [5.41, 5.74) is 6.27. The van der Waals surface area contributed by atoms with Crippen LogP contribution in [0.15, 0.2) is 30.3 Å². The lowest BCUT2D eigenvalue weighted by Crippen LogP contribution is -2.48. The molecule has 0 aromatic heterocycles. The average Bonchev–Trinajstić information content (AvgIpc) is 2.45. The van der Waals surface area contributed by atoms with E-state index in [-0.39, 0.29) is 11.5 Å². The molecule has 3 unspecified atom stereocenters. The van der Waals surface area contributed by atoms with Gasteiger partial charge in [-0.15, -0.1) is 0 Å². The summed E-state index contributed by atoms with van der Waals surface area (Å²) in [6.07, 6.45) is 0.872. The molecule has 1 aliphatic carbocycles. The summed E-state index contributed by atoms with van der Waals surface area (Å²) in [5, 5.41) is 11.1. The number of carbonyl (C=O) groups is 1. The zero-order valence-electron chi connectivity index (χ0n) is 11.1. The van der Waals surface area contributed by atoms with E-state index in [4.69, 9.17) is 10.5 Å². The van der Waals surface area contributed by atoms with Gasteiger partial charge in [0.2, 0.25) is 11.9 Å². The number of nitro groups is 1. The molecule has 6 heteroatoms. The Hall–Kier alpha value is -1.95. The van der Waals surface area contributed by atoms with Crippen molar-refractivity contribution in [1.29, 1.82) is 0 Å². The maximum atomic E-state index is 11.5. The van der Waals surface area contributed by atoms with E-state index in [9.17, 15) is 14.9 Å². The SMILES string of the molecule is NC(=O)C1CCCC([N+](=O)[O-])C1OCc1ccccc1. The van der Waals surface area contributed by atoms with Gasteiger partial charge in [0, 0.05) is 11.3 Å². The summed E-state index contributed by atoms with van der Waals surface area (Å²) in [7, 11) is 0. The third-order valence-electron chi connectivity index (χ3n) is 3.71. The summed E-state index contributed by atoms with van der Waals surface area (Å²) >= 11 is 0. The molecule has 0 aliphatic heterocycles. The van der Waals surface area contributed by atoms with Crippen molar-refractivity contribution in [3.63, 3.8) is 0 Å². The molecule has 1 aromatic carbocycles. The molecule has 1 saturated carbocycles. The Balaban J connectivity index is 2.09. The highest BCUT2D eigenvalue weighted by atomic mass is 16.6. The van der Waals surface area contributed by atoms with Gasteiger partial charge >= 0.3 is 0 Å². The minimum absolute atomic E-state index is 0.250. The molecule has 2 rings (SSSR count). The van der Waals surface area contributed by atoms with Gasteiger partial charge in [-0.05, 0) is 18.4 Å². The van der Waals surface area contributed by atoms with Crippen molar-refractivity contribution in [3.8, 4) is 0 Å². The van der Waals surface area contributed by atoms with Crippen LogP contribution in [-0.2, 0) is 16.1 Å². The molecule has 108 valence electrons. The van der Waals surface area contributed by atoms with Crippen molar-refractivity contribution in [2.75, 3.05) is 0 Å². The zero-order valence-corrected chi connectivity index (χ0v) is 11.1. The lowest BCUT2D eigenvalue weighted by atomic mass is 9.82. The first kappa shape index (κ1) is 14.5. The summed E-state index contributed by atoms with van der Waals surface area (Å²) in [4.78, 5) is 22.2. The van der Waals surface area contributed by atoms with Crippen molar-refractivity contribution in [2.24, 2.45) is 11.7 Å². The number of benzene rings is 1. The third-order valence-corrected chi connectivity index (χ3v) is 3.71. The standard InChI is InChI=1S/C14H18N2O4/c15-14(17)11-7-4-8-12(16(18)19)13(11)20-9-10-5-2-1-3-6-10/h1-3,5-6,11-13H,4,7-9H2,(H2,15,17). The summed E-state index contributed by atoms with van der Waals surface area (Å²) in [6, 6.07) is 8.53. The zero-order chi connectivity index (χ0) is 14.5. The van der Waals surface area contributed by atoms with Crippen LogP contribution in [0.5, 0.6) is 0 Å². The van der Waals surface area contributed by atoms with Crippen molar-refractivity contribution < 1.29 is 14.5 Å². The Morgan fingerprint density at radius 1 is 1.35 bits per heavy atom. The maximum Gasteiger partial charge on any atom is 0.239 e. The minimum Gasteiger partial charge on any atom is -0.369 e. The van der Waals surface area contributed by atoms with Gasteiger partial charge in [0.15, 0.2) is 0 Å². The van der Waals surface area contributed by atoms with Crippen LogP contribution < -0.4 is 5.73 Å². The number of carbonyl (C=O) groups excluding carboxylic acids is 1.